The summed E-state index contributed by atoms with van der Waals surface area (Å²) in [7, 11) is 0. The zero-order valence-electron chi connectivity index (χ0n) is 15.9. The number of carbonyl (C=O) groups is 1. The third kappa shape index (κ3) is 4.27. The lowest BCUT2D eigenvalue weighted by Crippen LogP contribution is -2.31. The van der Waals surface area contributed by atoms with E-state index in [-0.39, 0.29) is 18.1 Å². The van der Waals surface area contributed by atoms with Crippen LogP contribution < -0.4 is 5.84 Å². The number of halogens is 1. The number of rotatable bonds is 6. The summed E-state index contributed by atoms with van der Waals surface area (Å²) in [4.78, 5) is 15.1. The second kappa shape index (κ2) is 8.65. The van der Waals surface area contributed by atoms with Gasteiger partial charge in [-0.25, -0.2) is 9.07 Å². The zero-order valence-corrected chi connectivity index (χ0v) is 16.7. The van der Waals surface area contributed by atoms with Crippen LogP contribution in [0.2, 0.25) is 0 Å². The van der Waals surface area contributed by atoms with Crippen LogP contribution in [-0.4, -0.2) is 38.8 Å². The summed E-state index contributed by atoms with van der Waals surface area (Å²) in [5.74, 6) is 6.39. The largest absolute Gasteiger partial charge is 0.341 e. The molecule has 1 amide bonds. The van der Waals surface area contributed by atoms with Crippen LogP contribution in [0.25, 0.3) is 0 Å². The number of benzene rings is 2. The van der Waals surface area contributed by atoms with E-state index in [0.717, 1.165) is 31.5 Å². The van der Waals surface area contributed by atoms with Gasteiger partial charge in [-0.15, -0.1) is 10.2 Å². The van der Waals surface area contributed by atoms with E-state index in [1.165, 1.54) is 22.5 Å². The van der Waals surface area contributed by atoms with Crippen LogP contribution in [0.3, 0.4) is 0 Å². The molecule has 1 aliphatic rings. The molecule has 0 saturated carbocycles. The van der Waals surface area contributed by atoms with Crippen molar-refractivity contribution in [3.63, 3.8) is 0 Å². The fourth-order valence-corrected chi connectivity index (χ4v) is 4.48. The van der Waals surface area contributed by atoms with Crippen LogP contribution in [0.1, 0.15) is 35.0 Å². The molecule has 2 heterocycles. The number of amides is 1. The summed E-state index contributed by atoms with van der Waals surface area (Å²) < 4.78 is 15.3. The quantitative estimate of drug-likeness (QED) is 0.498. The number of hydrogen-bond donors (Lipinski definition) is 1. The zero-order chi connectivity index (χ0) is 20.2. The number of nitrogens with two attached hydrogens (primary N) is 1. The second-order valence-corrected chi connectivity index (χ2v) is 8.05. The normalized spacial score (nSPS) is 14.9. The van der Waals surface area contributed by atoms with Gasteiger partial charge in [0.15, 0.2) is 5.82 Å². The SMILES string of the molecule is Nn1c(Cc2ccccc2F)nnc1SC(C(=O)N1CCCC1)c1ccccc1. The summed E-state index contributed by atoms with van der Waals surface area (Å²) in [5, 5.41) is 8.28. The highest BCUT2D eigenvalue weighted by Crippen LogP contribution is 2.36. The highest BCUT2D eigenvalue weighted by molar-refractivity contribution is 8.00. The Hall–Kier alpha value is -2.87. The number of nitrogens with zero attached hydrogens (tertiary/aromatic N) is 4. The predicted molar refractivity (Wildman–Crippen MR) is 110 cm³/mol. The Kier molecular flexibility index (Phi) is 5.80. The Bertz CT molecular complexity index is 988. The van der Waals surface area contributed by atoms with E-state index in [1.807, 2.05) is 35.2 Å². The topological polar surface area (TPSA) is 77.0 Å². The number of nitrogen functional groups attached to an aromatic ring is 1. The van der Waals surface area contributed by atoms with Crippen LogP contribution in [0.15, 0.2) is 59.8 Å². The number of thioether (sulfide) groups is 1. The van der Waals surface area contributed by atoms with Crippen molar-refractivity contribution in [1.82, 2.24) is 19.8 Å². The van der Waals surface area contributed by atoms with Crippen molar-refractivity contribution in [2.24, 2.45) is 0 Å². The molecule has 2 aromatic carbocycles. The predicted octanol–water partition coefficient (Wildman–Crippen LogP) is 3.18. The van der Waals surface area contributed by atoms with E-state index < -0.39 is 5.25 Å². The van der Waals surface area contributed by atoms with Gasteiger partial charge in [-0.05, 0) is 30.0 Å². The summed E-state index contributed by atoms with van der Waals surface area (Å²) in [5.41, 5.74) is 1.39. The maximum atomic E-state index is 14.0. The lowest BCUT2D eigenvalue weighted by molar-refractivity contribution is -0.129. The number of likely N-dealkylation sites (tertiary alicyclic amines) is 1. The summed E-state index contributed by atoms with van der Waals surface area (Å²) in [6.07, 6.45) is 2.28. The van der Waals surface area contributed by atoms with Gasteiger partial charge in [0, 0.05) is 19.5 Å². The molecule has 3 aromatic rings. The Morgan fingerprint density at radius 2 is 1.76 bits per heavy atom. The van der Waals surface area contributed by atoms with Crippen LogP contribution >= 0.6 is 11.8 Å². The molecule has 2 N–H and O–H groups in total. The van der Waals surface area contributed by atoms with E-state index in [4.69, 9.17) is 5.84 Å². The molecule has 6 nitrogen and oxygen atoms in total. The standard InChI is InChI=1S/C21H22FN5OS/c22-17-11-5-4-10-16(17)14-18-24-25-21(27(18)23)29-19(15-8-2-1-3-9-15)20(28)26-12-6-7-13-26/h1-5,8-11,19H,6-7,12-14,23H2. The van der Waals surface area contributed by atoms with E-state index in [0.29, 0.717) is 16.5 Å². The summed E-state index contributed by atoms with van der Waals surface area (Å²) in [6.45, 7) is 1.55. The molecule has 1 saturated heterocycles. The van der Waals surface area contributed by atoms with Crippen molar-refractivity contribution in [2.75, 3.05) is 18.9 Å². The molecule has 1 fully saturated rings. The van der Waals surface area contributed by atoms with Crippen molar-refractivity contribution in [3.05, 3.63) is 77.4 Å². The van der Waals surface area contributed by atoms with E-state index in [2.05, 4.69) is 10.2 Å². The van der Waals surface area contributed by atoms with Crippen LogP contribution in [-0.2, 0) is 11.2 Å². The maximum Gasteiger partial charge on any atom is 0.240 e. The van der Waals surface area contributed by atoms with E-state index in [9.17, 15) is 9.18 Å². The highest BCUT2D eigenvalue weighted by Gasteiger charge is 2.30. The highest BCUT2D eigenvalue weighted by atomic mass is 32.2. The minimum Gasteiger partial charge on any atom is -0.341 e. The number of hydrogen-bond acceptors (Lipinski definition) is 5. The van der Waals surface area contributed by atoms with Gasteiger partial charge in [0.2, 0.25) is 11.1 Å². The first-order chi connectivity index (χ1) is 14.1. The third-order valence-electron chi connectivity index (χ3n) is 5.01. The smallest absolute Gasteiger partial charge is 0.240 e. The molecule has 1 aromatic heterocycles. The number of carbonyl (C=O) groups excluding carboxylic acids is 1. The Morgan fingerprint density at radius 3 is 2.48 bits per heavy atom. The van der Waals surface area contributed by atoms with E-state index in [1.54, 1.807) is 18.2 Å². The molecule has 8 heteroatoms. The van der Waals surface area contributed by atoms with Crippen LogP contribution in [0.5, 0.6) is 0 Å². The van der Waals surface area contributed by atoms with Crippen LogP contribution in [0.4, 0.5) is 4.39 Å². The third-order valence-corrected chi connectivity index (χ3v) is 6.21. The summed E-state index contributed by atoms with van der Waals surface area (Å²) in [6, 6.07) is 16.1. The molecular weight excluding hydrogens is 389 g/mol. The summed E-state index contributed by atoms with van der Waals surface area (Å²) >= 11 is 1.28. The molecule has 1 aliphatic heterocycles. The first-order valence-corrected chi connectivity index (χ1v) is 10.4. The maximum absolute atomic E-state index is 14.0. The van der Waals surface area contributed by atoms with Crippen molar-refractivity contribution >= 4 is 17.7 Å². The molecule has 29 heavy (non-hydrogen) atoms. The van der Waals surface area contributed by atoms with Gasteiger partial charge in [-0.3, -0.25) is 4.79 Å². The lowest BCUT2D eigenvalue weighted by atomic mass is 10.1. The van der Waals surface area contributed by atoms with Gasteiger partial charge in [0.1, 0.15) is 11.1 Å². The van der Waals surface area contributed by atoms with E-state index >= 15 is 0 Å². The van der Waals surface area contributed by atoms with Gasteiger partial charge in [-0.2, -0.15) is 0 Å². The molecule has 150 valence electrons. The minimum absolute atomic E-state index is 0.0531. The van der Waals surface area contributed by atoms with Crippen molar-refractivity contribution in [2.45, 2.75) is 29.7 Å². The molecule has 0 spiro atoms. The first-order valence-electron chi connectivity index (χ1n) is 9.56. The number of aromatic nitrogens is 3. The minimum atomic E-state index is -0.456. The molecule has 0 radical (unpaired) electrons. The van der Waals surface area contributed by atoms with Gasteiger partial charge in [-0.1, -0.05) is 60.3 Å². The average molecular weight is 412 g/mol. The molecule has 1 atom stereocenters. The monoisotopic (exact) mass is 411 g/mol. The molecular formula is C21H22FN5OS. The molecule has 4 rings (SSSR count). The Morgan fingerprint density at radius 1 is 1.07 bits per heavy atom. The van der Waals surface area contributed by atoms with Crippen molar-refractivity contribution in [3.8, 4) is 0 Å². The van der Waals surface area contributed by atoms with Crippen LogP contribution in [0, 0.1) is 5.82 Å². The Balaban J connectivity index is 1.58. The second-order valence-electron chi connectivity index (χ2n) is 6.98. The molecule has 0 aliphatic carbocycles. The van der Waals surface area contributed by atoms with Gasteiger partial charge >= 0.3 is 0 Å². The first kappa shape index (κ1) is 19.4. The Labute approximate surface area is 172 Å². The van der Waals surface area contributed by atoms with Crippen molar-refractivity contribution < 1.29 is 9.18 Å². The molecule has 1 unspecified atom stereocenters. The molecule has 0 bridgehead atoms. The van der Waals surface area contributed by atoms with Gasteiger partial charge in [0.05, 0.1) is 0 Å². The lowest BCUT2D eigenvalue weighted by Gasteiger charge is -2.22. The fraction of sp³-hybridized carbons (Fsp3) is 0.286. The van der Waals surface area contributed by atoms with Gasteiger partial charge in [0.25, 0.3) is 0 Å². The fourth-order valence-electron chi connectivity index (χ4n) is 3.42. The van der Waals surface area contributed by atoms with Crippen molar-refractivity contribution in [1.29, 1.82) is 0 Å². The average Bonchev–Trinajstić information content (AvgIpc) is 3.39. The van der Waals surface area contributed by atoms with Gasteiger partial charge < -0.3 is 10.7 Å².